The maximum atomic E-state index is 12.6. The predicted octanol–water partition coefficient (Wildman–Crippen LogP) is 4.63. The van der Waals surface area contributed by atoms with Crippen molar-refractivity contribution < 1.29 is 18.3 Å². The smallest absolute Gasteiger partial charge is 0.387 e. The van der Waals surface area contributed by atoms with Crippen molar-refractivity contribution in [2.45, 2.75) is 57.3 Å². The van der Waals surface area contributed by atoms with E-state index in [9.17, 15) is 13.6 Å². The lowest BCUT2D eigenvalue weighted by molar-refractivity contribution is -0.0499. The number of likely N-dealkylation sites (tertiary alicyclic amines) is 1. The number of nitrogens with one attached hydrogen (secondary N) is 2. The van der Waals surface area contributed by atoms with Gasteiger partial charge in [0.05, 0.1) is 6.04 Å². The van der Waals surface area contributed by atoms with E-state index in [1.807, 2.05) is 6.07 Å². The van der Waals surface area contributed by atoms with Crippen LogP contribution in [0.2, 0.25) is 0 Å². The van der Waals surface area contributed by atoms with Gasteiger partial charge < -0.3 is 15.4 Å². The Morgan fingerprint density at radius 3 is 2.58 bits per heavy atom. The topological polar surface area (TPSA) is 53.6 Å². The highest BCUT2D eigenvalue weighted by Crippen LogP contribution is 2.32. The summed E-state index contributed by atoms with van der Waals surface area (Å²) >= 11 is 0. The van der Waals surface area contributed by atoms with Crippen LogP contribution in [0.25, 0.3) is 0 Å². The van der Waals surface area contributed by atoms with Crippen molar-refractivity contribution in [3.05, 3.63) is 65.2 Å². The molecule has 5 nitrogen and oxygen atoms in total. The van der Waals surface area contributed by atoms with Gasteiger partial charge in [-0.05, 0) is 60.9 Å². The number of carbonyl (C=O) groups is 1. The van der Waals surface area contributed by atoms with Crippen LogP contribution in [0.1, 0.15) is 48.4 Å². The molecule has 1 fully saturated rings. The van der Waals surface area contributed by atoms with Crippen molar-refractivity contribution in [2.24, 2.45) is 0 Å². The normalized spacial score (nSPS) is 19.6. The van der Waals surface area contributed by atoms with Crippen LogP contribution in [0.3, 0.4) is 0 Å². The summed E-state index contributed by atoms with van der Waals surface area (Å²) < 4.78 is 29.4. The largest absolute Gasteiger partial charge is 0.435 e. The van der Waals surface area contributed by atoms with Crippen LogP contribution < -0.4 is 15.4 Å². The molecule has 0 spiro atoms. The molecule has 1 saturated heterocycles. The van der Waals surface area contributed by atoms with Crippen LogP contribution in [-0.2, 0) is 13.0 Å². The molecule has 2 aliphatic rings. The maximum absolute atomic E-state index is 12.6. The standard InChI is InChI=1S/C24H29F2N3O2/c25-23(26)31-20-9-10-21-18(15-20)7-4-8-22(21)28-24(30)27-19-11-13-29(14-12-19)16-17-5-2-1-3-6-17/h1-3,5-6,9-10,15,19,22-23H,4,7-8,11-14,16H2,(H2,27,28,30). The third kappa shape index (κ3) is 5.94. The molecule has 0 radical (unpaired) electrons. The van der Waals surface area contributed by atoms with E-state index in [0.29, 0.717) is 0 Å². The molecule has 1 heterocycles. The highest BCUT2D eigenvalue weighted by atomic mass is 19.3. The van der Waals surface area contributed by atoms with Crippen LogP contribution in [0.15, 0.2) is 48.5 Å². The lowest BCUT2D eigenvalue weighted by atomic mass is 9.87. The molecule has 31 heavy (non-hydrogen) atoms. The van der Waals surface area contributed by atoms with Gasteiger partial charge in [0, 0.05) is 25.7 Å². The zero-order chi connectivity index (χ0) is 21.6. The van der Waals surface area contributed by atoms with Crippen LogP contribution >= 0.6 is 0 Å². The Morgan fingerprint density at radius 1 is 1.06 bits per heavy atom. The molecule has 0 saturated carbocycles. The summed E-state index contributed by atoms with van der Waals surface area (Å²) in [5.74, 6) is 0.168. The van der Waals surface area contributed by atoms with E-state index in [4.69, 9.17) is 0 Å². The Hall–Kier alpha value is -2.67. The number of amides is 2. The number of piperidine rings is 1. The van der Waals surface area contributed by atoms with E-state index in [0.717, 1.165) is 62.9 Å². The number of alkyl halides is 2. The van der Waals surface area contributed by atoms with E-state index in [2.05, 4.69) is 44.5 Å². The number of fused-ring (bicyclic) bond motifs is 1. The van der Waals surface area contributed by atoms with Gasteiger partial charge in [-0.1, -0.05) is 36.4 Å². The second-order valence-corrected chi connectivity index (χ2v) is 8.34. The molecule has 1 aliphatic heterocycles. The number of halogens is 2. The average Bonchev–Trinajstić information content (AvgIpc) is 2.75. The van der Waals surface area contributed by atoms with Gasteiger partial charge in [-0.3, -0.25) is 4.90 Å². The minimum atomic E-state index is -2.83. The van der Waals surface area contributed by atoms with E-state index >= 15 is 0 Å². The number of ether oxygens (including phenoxy) is 1. The Morgan fingerprint density at radius 2 is 1.84 bits per heavy atom. The van der Waals surface area contributed by atoms with Gasteiger partial charge in [-0.15, -0.1) is 0 Å². The van der Waals surface area contributed by atoms with Crippen molar-refractivity contribution in [1.82, 2.24) is 15.5 Å². The molecule has 7 heteroatoms. The molecular formula is C24H29F2N3O2. The number of urea groups is 1. The summed E-state index contributed by atoms with van der Waals surface area (Å²) in [7, 11) is 0. The molecule has 2 aromatic carbocycles. The molecule has 2 N–H and O–H groups in total. The number of hydrogen-bond acceptors (Lipinski definition) is 3. The minimum absolute atomic E-state index is 0.109. The van der Waals surface area contributed by atoms with Gasteiger partial charge >= 0.3 is 12.6 Å². The monoisotopic (exact) mass is 429 g/mol. The summed E-state index contributed by atoms with van der Waals surface area (Å²) in [6, 6.07) is 15.3. The molecule has 1 aliphatic carbocycles. The van der Waals surface area contributed by atoms with Crippen LogP contribution in [0, 0.1) is 0 Å². The van der Waals surface area contributed by atoms with Gasteiger partial charge in [0.15, 0.2) is 0 Å². The lowest BCUT2D eigenvalue weighted by Crippen LogP contribution is -2.48. The first-order valence-electron chi connectivity index (χ1n) is 11.0. The van der Waals surface area contributed by atoms with Crippen molar-refractivity contribution in [2.75, 3.05) is 13.1 Å². The average molecular weight is 430 g/mol. The van der Waals surface area contributed by atoms with E-state index in [1.54, 1.807) is 18.2 Å². The third-order valence-corrected chi connectivity index (χ3v) is 6.13. The fourth-order valence-electron chi connectivity index (χ4n) is 4.58. The number of benzene rings is 2. The van der Waals surface area contributed by atoms with Crippen LogP contribution in [0.4, 0.5) is 13.6 Å². The number of rotatable bonds is 6. The minimum Gasteiger partial charge on any atom is -0.435 e. The van der Waals surface area contributed by atoms with Crippen molar-refractivity contribution in [3.8, 4) is 5.75 Å². The molecule has 2 aromatic rings. The number of nitrogens with zero attached hydrogens (tertiary/aromatic N) is 1. The molecular weight excluding hydrogens is 400 g/mol. The Bertz CT molecular complexity index is 870. The quantitative estimate of drug-likeness (QED) is 0.704. The first kappa shape index (κ1) is 21.6. The van der Waals surface area contributed by atoms with Crippen molar-refractivity contribution in [3.63, 3.8) is 0 Å². The molecule has 2 amide bonds. The van der Waals surface area contributed by atoms with Crippen LogP contribution in [0.5, 0.6) is 5.75 Å². The highest BCUT2D eigenvalue weighted by molar-refractivity contribution is 5.75. The Labute approximate surface area is 181 Å². The maximum Gasteiger partial charge on any atom is 0.387 e. The SMILES string of the molecule is O=C(NC1CCN(Cc2ccccc2)CC1)NC1CCCc2cc(OC(F)F)ccc21. The lowest BCUT2D eigenvalue weighted by Gasteiger charge is -2.33. The van der Waals surface area contributed by atoms with Crippen molar-refractivity contribution in [1.29, 1.82) is 0 Å². The fraction of sp³-hybridized carbons (Fsp3) is 0.458. The summed E-state index contributed by atoms with van der Waals surface area (Å²) in [6.45, 7) is 0.0222. The molecule has 4 rings (SSSR count). The molecule has 0 bridgehead atoms. The zero-order valence-electron chi connectivity index (χ0n) is 17.5. The highest BCUT2D eigenvalue weighted by Gasteiger charge is 2.25. The summed E-state index contributed by atoms with van der Waals surface area (Å²) in [4.78, 5) is 15.0. The summed E-state index contributed by atoms with van der Waals surface area (Å²) in [6.07, 6.45) is 4.39. The number of hydrogen-bond donors (Lipinski definition) is 2. The number of aryl methyl sites for hydroxylation is 1. The molecule has 0 aromatic heterocycles. The van der Waals surface area contributed by atoms with Gasteiger partial charge in [-0.25, -0.2) is 4.79 Å². The Balaban J connectivity index is 1.26. The second-order valence-electron chi connectivity index (χ2n) is 8.34. The van der Waals surface area contributed by atoms with E-state index < -0.39 is 6.61 Å². The third-order valence-electron chi connectivity index (χ3n) is 6.13. The Kier molecular flexibility index (Phi) is 7.02. The van der Waals surface area contributed by atoms with Gasteiger partial charge in [0.25, 0.3) is 0 Å². The summed E-state index contributed by atoms with van der Waals surface area (Å²) in [5, 5.41) is 6.20. The fourth-order valence-corrected chi connectivity index (χ4v) is 4.58. The molecule has 1 unspecified atom stereocenters. The first-order chi connectivity index (χ1) is 15.1. The molecule has 1 atom stereocenters. The van der Waals surface area contributed by atoms with E-state index in [1.165, 1.54) is 5.56 Å². The van der Waals surface area contributed by atoms with Crippen LogP contribution in [-0.4, -0.2) is 36.7 Å². The first-order valence-corrected chi connectivity index (χ1v) is 11.0. The second kappa shape index (κ2) is 10.1. The van der Waals surface area contributed by atoms with Gasteiger partial charge in [-0.2, -0.15) is 8.78 Å². The van der Waals surface area contributed by atoms with Gasteiger partial charge in [0.1, 0.15) is 5.75 Å². The zero-order valence-corrected chi connectivity index (χ0v) is 17.5. The predicted molar refractivity (Wildman–Crippen MR) is 115 cm³/mol. The van der Waals surface area contributed by atoms with E-state index in [-0.39, 0.29) is 23.9 Å². The van der Waals surface area contributed by atoms with Gasteiger partial charge in [0.2, 0.25) is 0 Å². The van der Waals surface area contributed by atoms with Crippen molar-refractivity contribution >= 4 is 6.03 Å². The number of carbonyl (C=O) groups excluding carboxylic acids is 1. The molecule has 166 valence electrons. The summed E-state index contributed by atoms with van der Waals surface area (Å²) in [5.41, 5.74) is 3.26.